The number of anilines is 1. The van der Waals surface area contributed by atoms with Gasteiger partial charge in [0.15, 0.2) is 5.13 Å². The van der Waals surface area contributed by atoms with E-state index in [2.05, 4.69) is 6.07 Å². The molecule has 0 saturated heterocycles. The molecule has 0 N–H and O–H groups in total. The molecule has 2 aromatic heterocycles. The van der Waals surface area contributed by atoms with Gasteiger partial charge in [0, 0.05) is 4.90 Å². The Labute approximate surface area is 176 Å². The molecule has 0 saturated carbocycles. The number of hydrogen-bond acceptors (Lipinski definition) is 5. The lowest BCUT2D eigenvalue weighted by Gasteiger charge is -2.18. The third kappa shape index (κ3) is 4.36. The molecule has 0 spiro atoms. The van der Waals surface area contributed by atoms with Crippen molar-refractivity contribution >= 4 is 44.4 Å². The molecule has 4 rings (SSSR count). The van der Waals surface area contributed by atoms with Crippen LogP contribution in [0.3, 0.4) is 0 Å². The number of halogens is 1. The first-order chi connectivity index (χ1) is 14.0. The molecule has 2 aromatic carbocycles. The van der Waals surface area contributed by atoms with Crippen LogP contribution in [0.2, 0.25) is 0 Å². The average Bonchev–Trinajstić information content (AvgIpc) is 3.39. The van der Waals surface area contributed by atoms with Gasteiger partial charge in [-0.3, -0.25) is 9.69 Å². The van der Waals surface area contributed by atoms with E-state index in [4.69, 9.17) is 9.40 Å². The first-order valence-electron chi connectivity index (χ1n) is 9.09. The van der Waals surface area contributed by atoms with Crippen LogP contribution >= 0.6 is 23.1 Å². The highest BCUT2D eigenvalue weighted by Gasteiger charge is 2.22. The Balaban J connectivity index is 1.62. The van der Waals surface area contributed by atoms with Gasteiger partial charge >= 0.3 is 0 Å². The van der Waals surface area contributed by atoms with Crippen LogP contribution in [0, 0.1) is 19.7 Å². The van der Waals surface area contributed by atoms with Crippen LogP contribution in [-0.2, 0) is 11.3 Å². The molecule has 0 aliphatic rings. The largest absolute Gasteiger partial charge is 0.467 e. The van der Waals surface area contributed by atoms with Gasteiger partial charge in [-0.1, -0.05) is 23.5 Å². The fourth-order valence-corrected chi connectivity index (χ4v) is 4.84. The lowest BCUT2D eigenvalue weighted by Crippen LogP contribution is -2.31. The summed E-state index contributed by atoms with van der Waals surface area (Å²) in [5.74, 6) is 0.545. The topological polar surface area (TPSA) is 46.3 Å². The van der Waals surface area contributed by atoms with Crippen LogP contribution in [0.1, 0.15) is 16.9 Å². The molecule has 29 heavy (non-hydrogen) atoms. The maximum absolute atomic E-state index is 13.1. The Morgan fingerprint density at radius 3 is 2.59 bits per heavy atom. The smallest absolute Gasteiger partial charge is 0.239 e. The first-order valence-corrected chi connectivity index (χ1v) is 10.9. The van der Waals surface area contributed by atoms with Crippen molar-refractivity contribution in [3.8, 4) is 0 Å². The van der Waals surface area contributed by atoms with Crippen LogP contribution in [0.15, 0.2) is 64.1 Å². The van der Waals surface area contributed by atoms with E-state index in [-0.39, 0.29) is 17.5 Å². The fourth-order valence-electron chi connectivity index (χ4n) is 2.94. The number of aryl methyl sites for hydroxylation is 2. The van der Waals surface area contributed by atoms with Crippen molar-refractivity contribution in [1.82, 2.24) is 4.98 Å². The van der Waals surface area contributed by atoms with E-state index < -0.39 is 0 Å². The van der Waals surface area contributed by atoms with Gasteiger partial charge in [0.05, 0.1) is 28.8 Å². The number of thiazole rings is 1. The molecule has 7 heteroatoms. The summed E-state index contributed by atoms with van der Waals surface area (Å²) < 4.78 is 19.7. The van der Waals surface area contributed by atoms with Crippen molar-refractivity contribution in [2.45, 2.75) is 25.3 Å². The maximum Gasteiger partial charge on any atom is 0.239 e. The third-order valence-corrected chi connectivity index (χ3v) is 6.74. The van der Waals surface area contributed by atoms with Crippen LogP contribution < -0.4 is 4.90 Å². The van der Waals surface area contributed by atoms with E-state index >= 15 is 0 Å². The lowest BCUT2D eigenvalue weighted by atomic mass is 10.1. The van der Waals surface area contributed by atoms with Gasteiger partial charge in [-0.15, -0.1) is 11.8 Å². The van der Waals surface area contributed by atoms with E-state index in [0.29, 0.717) is 17.4 Å². The van der Waals surface area contributed by atoms with Crippen LogP contribution in [0.25, 0.3) is 10.2 Å². The summed E-state index contributed by atoms with van der Waals surface area (Å²) in [5, 5.41) is 0.651. The van der Waals surface area contributed by atoms with Crippen LogP contribution in [0.4, 0.5) is 9.52 Å². The highest BCUT2D eigenvalue weighted by molar-refractivity contribution is 8.00. The third-order valence-electron chi connectivity index (χ3n) is 4.53. The predicted molar refractivity (Wildman–Crippen MR) is 116 cm³/mol. The zero-order chi connectivity index (χ0) is 20.4. The quantitative estimate of drug-likeness (QED) is 0.356. The second-order valence-corrected chi connectivity index (χ2v) is 8.70. The predicted octanol–water partition coefficient (Wildman–Crippen LogP) is 5.97. The molecule has 4 aromatic rings. The van der Waals surface area contributed by atoms with Gasteiger partial charge in [-0.05, 0) is 61.4 Å². The normalized spacial score (nSPS) is 11.1. The Hall–Kier alpha value is -2.64. The lowest BCUT2D eigenvalue weighted by molar-refractivity contribution is -0.116. The highest BCUT2D eigenvalue weighted by Crippen LogP contribution is 2.34. The zero-order valence-electron chi connectivity index (χ0n) is 16.0. The molecule has 148 valence electrons. The standard InChI is InChI=1S/C22H19FN2O2S2/c1-14-5-6-15(2)21-20(14)24-22(29-21)25(12-17-4-3-11-27-17)19(26)13-28-18-9-7-16(23)8-10-18/h3-11H,12-13H2,1-2H3. The number of hydrogen-bond donors (Lipinski definition) is 0. The summed E-state index contributed by atoms with van der Waals surface area (Å²) in [6.45, 7) is 4.38. The molecule has 0 aliphatic heterocycles. The number of amides is 1. The van der Waals surface area contributed by atoms with Gasteiger partial charge in [0.1, 0.15) is 11.6 Å². The Kier molecular flexibility index (Phi) is 5.69. The number of rotatable bonds is 6. The second-order valence-electron chi connectivity index (χ2n) is 6.68. The van der Waals surface area contributed by atoms with Crippen molar-refractivity contribution in [2.75, 3.05) is 10.7 Å². The number of carbonyl (C=O) groups excluding carboxylic acids is 1. The molecular formula is C22H19FN2O2S2. The SMILES string of the molecule is Cc1ccc(C)c2sc(N(Cc3ccco3)C(=O)CSc3ccc(F)cc3)nc12. The molecule has 0 radical (unpaired) electrons. The number of aromatic nitrogens is 1. The summed E-state index contributed by atoms with van der Waals surface area (Å²) in [5.41, 5.74) is 3.15. The molecule has 0 fully saturated rings. The minimum atomic E-state index is -0.291. The molecule has 0 bridgehead atoms. The molecule has 2 heterocycles. The second kappa shape index (κ2) is 8.39. The number of thioether (sulfide) groups is 1. The van der Waals surface area contributed by atoms with Crippen LogP contribution in [-0.4, -0.2) is 16.6 Å². The number of furan rings is 1. The van der Waals surface area contributed by atoms with Gasteiger partial charge in [-0.2, -0.15) is 0 Å². The van der Waals surface area contributed by atoms with E-state index in [0.717, 1.165) is 26.2 Å². The average molecular weight is 427 g/mol. The van der Waals surface area contributed by atoms with Crippen LogP contribution in [0.5, 0.6) is 0 Å². The summed E-state index contributed by atoms with van der Waals surface area (Å²) in [7, 11) is 0. The number of carbonyl (C=O) groups is 1. The van der Waals surface area contributed by atoms with Gasteiger partial charge < -0.3 is 4.42 Å². The molecule has 1 amide bonds. The Morgan fingerprint density at radius 2 is 1.90 bits per heavy atom. The summed E-state index contributed by atoms with van der Waals surface area (Å²) in [4.78, 5) is 20.4. The summed E-state index contributed by atoms with van der Waals surface area (Å²) in [6.07, 6.45) is 1.60. The molecular weight excluding hydrogens is 407 g/mol. The molecule has 0 aliphatic carbocycles. The number of fused-ring (bicyclic) bond motifs is 1. The minimum absolute atomic E-state index is 0.0786. The maximum atomic E-state index is 13.1. The van der Waals surface area contributed by atoms with Crippen molar-refractivity contribution in [3.05, 3.63) is 77.5 Å². The highest BCUT2D eigenvalue weighted by atomic mass is 32.2. The van der Waals surface area contributed by atoms with Gasteiger partial charge in [-0.25, -0.2) is 9.37 Å². The van der Waals surface area contributed by atoms with Crippen molar-refractivity contribution in [2.24, 2.45) is 0 Å². The summed E-state index contributed by atoms with van der Waals surface area (Å²) in [6, 6.07) is 13.9. The van der Waals surface area contributed by atoms with Crippen molar-refractivity contribution in [1.29, 1.82) is 0 Å². The van der Waals surface area contributed by atoms with Crippen molar-refractivity contribution in [3.63, 3.8) is 0 Å². The summed E-state index contributed by atoms with van der Waals surface area (Å²) >= 11 is 2.89. The fraction of sp³-hybridized carbons (Fsp3) is 0.182. The van der Waals surface area contributed by atoms with Gasteiger partial charge in [0.2, 0.25) is 5.91 Å². The minimum Gasteiger partial charge on any atom is -0.467 e. The number of benzene rings is 2. The van der Waals surface area contributed by atoms with E-state index in [9.17, 15) is 9.18 Å². The van der Waals surface area contributed by atoms with Gasteiger partial charge in [0.25, 0.3) is 0 Å². The monoisotopic (exact) mass is 426 g/mol. The molecule has 4 nitrogen and oxygen atoms in total. The zero-order valence-corrected chi connectivity index (χ0v) is 17.6. The molecule has 0 unspecified atom stereocenters. The van der Waals surface area contributed by atoms with Crippen molar-refractivity contribution < 1.29 is 13.6 Å². The van der Waals surface area contributed by atoms with E-state index in [1.807, 2.05) is 26.0 Å². The first kappa shape index (κ1) is 19.7. The molecule has 0 atom stereocenters. The number of nitrogens with zero attached hydrogens (tertiary/aromatic N) is 2. The Morgan fingerprint density at radius 1 is 1.14 bits per heavy atom. The van der Waals surface area contributed by atoms with E-state index in [1.54, 1.807) is 29.4 Å². The van der Waals surface area contributed by atoms with E-state index in [1.165, 1.54) is 35.2 Å². The Bertz CT molecular complexity index is 1100.